The van der Waals surface area contributed by atoms with Gasteiger partial charge in [0, 0.05) is 0 Å². The van der Waals surface area contributed by atoms with Crippen LogP contribution in [0.2, 0.25) is 13.3 Å². The Hall–Kier alpha value is -1.21. The SMILES string of the molecule is CCC[CH2][Sn]([CH2]CCC)([CH2]CCC)/[C](C(=O)OCC)=C(/C)C#Cc1ccccc1. The molecule has 1 rings (SSSR count). The number of unbranched alkanes of at least 4 members (excludes halogenated alkanes) is 3. The van der Waals surface area contributed by atoms with Gasteiger partial charge in [-0.25, -0.2) is 0 Å². The minimum absolute atomic E-state index is 0.0773. The van der Waals surface area contributed by atoms with Crippen LogP contribution >= 0.6 is 0 Å². The summed E-state index contributed by atoms with van der Waals surface area (Å²) >= 11 is -2.93. The third kappa shape index (κ3) is 8.58. The van der Waals surface area contributed by atoms with Crippen LogP contribution in [0.4, 0.5) is 0 Å². The Bertz CT molecular complexity index is 673. The van der Waals surface area contributed by atoms with Crippen LogP contribution in [-0.2, 0) is 9.53 Å². The fourth-order valence-corrected chi connectivity index (χ4v) is 21.0. The molecule has 0 bridgehead atoms. The first kappa shape index (κ1) is 25.8. The van der Waals surface area contributed by atoms with E-state index in [0.717, 1.165) is 14.7 Å². The van der Waals surface area contributed by atoms with Crippen LogP contribution in [0, 0.1) is 11.8 Å². The van der Waals surface area contributed by atoms with E-state index in [1.807, 2.05) is 37.3 Å². The minimum atomic E-state index is -2.93. The average molecular weight is 503 g/mol. The van der Waals surface area contributed by atoms with E-state index in [4.69, 9.17) is 4.74 Å². The second kappa shape index (κ2) is 14.7. The van der Waals surface area contributed by atoms with Crippen LogP contribution in [0.5, 0.6) is 0 Å². The zero-order valence-electron chi connectivity index (χ0n) is 19.3. The van der Waals surface area contributed by atoms with Crippen LogP contribution in [0.1, 0.15) is 78.7 Å². The van der Waals surface area contributed by atoms with Crippen molar-refractivity contribution in [1.82, 2.24) is 0 Å². The molecule has 0 saturated carbocycles. The monoisotopic (exact) mass is 504 g/mol. The van der Waals surface area contributed by atoms with Gasteiger partial charge in [-0.2, -0.15) is 0 Å². The molecule has 0 aromatic heterocycles. The van der Waals surface area contributed by atoms with Gasteiger partial charge < -0.3 is 0 Å². The maximum absolute atomic E-state index is 13.2. The van der Waals surface area contributed by atoms with Crippen molar-refractivity contribution < 1.29 is 9.53 Å². The number of carbonyl (C=O) groups is 1. The summed E-state index contributed by atoms with van der Waals surface area (Å²) in [7, 11) is 0. The number of benzene rings is 1. The van der Waals surface area contributed by atoms with Crippen molar-refractivity contribution in [2.24, 2.45) is 0 Å². The molecule has 3 heteroatoms. The molecular weight excluding hydrogens is 463 g/mol. The number of hydrogen-bond donors (Lipinski definition) is 0. The first-order valence-corrected chi connectivity index (χ1v) is 19.0. The summed E-state index contributed by atoms with van der Waals surface area (Å²) in [5.41, 5.74) is 1.96. The van der Waals surface area contributed by atoms with Gasteiger partial charge in [0.1, 0.15) is 0 Å². The molecule has 0 atom stereocenters. The normalized spacial score (nSPS) is 12.0. The maximum atomic E-state index is 13.2. The Balaban J connectivity index is 3.52. The van der Waals surface area contributed by atoms with E-state index in [-0.39, 0.29) is 5.97 Å². The van der Waals surface area contributed by atoms with Crippen molar-refractivity contribution in [3.63, 3.8) is 0 Å². The van der Waals surface area contributed by atoms with Gasteiger partial charge in [-0.15, -0.1) is 0 Å². The molecule has 1 aromatic rings. The van der Waals surface area contributed by atoms with Crippen LogP contribution in [0.25, 0.3) is 0 Å². The van der Waals surface area contributed by atoms with E-state index in [9.17, 15) is 4.79 Å². The summed E-state index contributed by atoms with van der Waals surface area (Å²) in [4.78, 5) is 13.2. The number of esters is 1. The third-order valence-corrected chi connectivity index (χ3v) is 21.5. The van der Waals surface area contributed by atoms with E-state index in [2.05, 4.69) is 39.5 Å². The molecule has 0 radical (unpaired) electrons. The van der Waals surface area contributed by atoms with Crippen LogP contribution < -0.4 is 0 Å². The molecule has 2 nitrogen and oxygen atoms in total. The van der Waals surface area contributed by atoms with Crippen molar-refractivity contribution >= 4 is 24.3 Å². The summed E-state index contributed by atoms with van der Waals surface area (Å²) in [6, 6.07) is 10.0. The van der Waals surface area contributed by atoms with E-state index in [0.29, 0.717) is 6.61 Å². The molecule has 0 aliphatic rings. The third-order valence-electron chi connectivity index (χ3n) is 5.58. The van der Waals surface area contributed by atoms with Gasteiger partial charge >= 0.3 is 184 Å². The number of ether oxygens (including phenoxy) is 1. The van der Waals surface area contributed by atoms with E-state index in [1.165, 1.54) is 51.8 Å². The van der Waals surface area contributed by atoms with Gasteiger partial charge in [-0.05, 0) is 0 Å². The van der Waals surface area contributed by atoms with Crippen LogP contribution in [0.15, 0.2) is 39.5 Å². The van der Waals surface area contributed by atoms with Crippen molar-refractivity contribution in [3.8, 4) is 11.8 Å². The van der Waals surface area contributed by atoms with Gasteiger partial charge in [-0.3, -0.25) is 0 Å². The van der Waals surface area contributed by atoms with E-state index >= 15 is 0 Å². The predicted octanol–water partition coefficient (Wildman–Crippen LogP) is 7.31. The number of hydrogen-bond acceptors (Lipinski definition) is 2. The molecule has 0 N–H and O–H groups in total. The summed E-state index contributed by atoms with van der Waals surface area (Å²) < 4.78 is 10.4. The predicted molar refractivity (Wildman–Crippen MR) is 128 cm³/mol. The summed E-state index contributed by atoms with van der Waals surface area (Å²) in [5, 5.41) is 0. The molecule has 0 amide bonds. The Labute approximate surface area is 183 Å². The molecule has 0 saturated heterocycles. The van der Waals surface area contributed by atoms with E-state index in [1.54, 1.807) is 0 Å². The second-order valence-corrected chi connectivity index (χ2v) is 20.9. The zero-order valence-corrected chi connectivity index (χ0v) is 22.1. The molecule has 29 heavy (non-hydrogen) atoms. The van der Waals surface area contributed by atoms with Gasteiger partial charge in [-0.1, -0.05) is 0 Å². The molecule has 0 spiro atoms. The summed E-state index contributed by atoms with van der Waals surface area (Å²) in [6.07, 6.45) is 7.19. The number of carbonyl (C=O) groups excluding carboxylic acids is 1. The number of rotatable bonds is 12. The molecule has 0 unspecified atom stereocenters. The Morgan fingerprint density at radius 2 is 1.41 bits per heavy atom. The van der Waals surface area contributed by atoms with Crippen molar-refractivity contribution in [3.05, 3.63) is 45.1 Å². The number of allylic oxidation sites excluding steroid dienone is 1. The molecule has 0 aliphatic heterocycles. The first-order chi connectivity index (χ1) is 14.0. The molecule has 160 valence electrons. The standard InChI is InChI=1S/C14H13O2.3C4H9.Sn/c1-3-16-14(15)11-12(2)9-10-13-7-5-4-6-8-13;3*1-3-4-2;/h4-8H,3H2,1-2H3;3*1,3-4H2,2H3;. The van der Waals surface area contributed by atoms with Crippen molar-refractivity contribution in [2.75, 3.05) is 6.61 Å². The van der Waals surface area contributed by atoms with Gasteiger partial charge in [0.2, 0.25) is 0 Å². The molecule has 0 heterocycles. The van der Waals surface area contributed by atoms with Gasteiger partial charge in [0.25, 0.3) is 0 Å². The Morgan fingerprint density at radius 1 is 0.897 bits per heavy atom. The average Bonchev–Trinajstić information content (AvgIpc) is 2.74. The van der Waals surface area contributed by atoms with Crippen LogP contribution in [-0.4, -0.2) is 31.0 Å². The van der Waals surface area contributed by atoms with Gasteiger partial charge in [0.05, 0.1) is 0 Å². The molecule has 0 fully saturated rings. The molecular formula is C26H40O2Sn. The Kier molecular flexibility index (Phi) is 13.1. The van der Waals surface area contributed by atoms with Crippen LogP contribution in [0.3, 0.4) is 0 Å². The van der Waals surface area contributed by atoms with Crippen molar-refractivity contribution in [1.29, 1.82) is 0 Å². The van der Waals surface area contributed by atoms with E-state index < -0.39 is 18.4 Å². The molecule has 1 aromatic carbocycles. The quantitative estimate of drug-likeness (QED) is 0.130. The fraction of sp³-hybridized carbons (Fsp3) is 0.577. The summed E-state index contributed by atoms with van der Waals surface area (Å²) in [6.45, 7) is 11.2. The fourth-order valence-electron chi connectivity index (χ4n) is 4.02. The topological polar surface area (TPSA) is 26.3 Å². The Morgan fingerprint density at radius 3 is 1.86 bits per heavy atom. The first-order valence-electron chi connectivity index (χ1n) is 11.5. The summed E-state index contributed by atoms with van der Waals surface area (Å²) in [5.74, 6) is 6.56. The van der Waals surface area contributed by atoms with Gasteiger partial charge in [0.15, 0.2) is 0 Å². The molecule has 0 aliphatic carbocycles. The zero-order chi connectivity index (χ0) is 21.5. The van der Waals surface area contributed by atoms with Crippen molar-refractivity contribution in [2.45, 2.75) is 86.5 Å². The second-order valence-electron chi connectivity index (χ2n) is 7.93.